The highest BCUT2D eigenvalue weighted by atomic mass is 32.2. The SMILES string of the molecule is Cc1c(-c2ccc(-c3cc4cccc(C(=O)Nc5nc6ccccc6s5)c4[nH]3)nc2C(=O)O)cnn1CC12CC3(C)CC(C)(C1)CC(OCCN(C)C(=O)OCc1ccc(O[C@@H]4O[C@H](C(=O)O)[C@@H](O)[C@H](O)[C@H]4O)cc1OCCOCCNC(=O)C(N)CS(=O)(=O)O)(C3)C2. The fourth-order valence-corrected chi connectivity index (χ4v) is 16.2. The lowest BCUT2D eigenvalue weighted by Gasteiger charge is -2.69. The molecular formula is C63H73N9O19S2. The molecule has 5 aliphatic rings. The molecule has 12 rings (SSSR count). The number of H-pyrrole nitrogens is 1. The molecule has 1 saturated heterocycles. The molecule has 28 nitrogen and oxygen atoms in total. The van der Waals surface area contributed by atoms with E-state index in [-0.39, 0.29) is 85.5 Å². The van der Waals surface area contributed by atoms with Crippen LogP contribution >= 0.6 is 11.3 Å². The normalized spacial score (nSPS) is 25.2. The van der Waals surface area contributed by atoms with Gasteiger partial charge in [-0.05, 0) is 110 Å². The number of aromatic nitrogens is 5. The summed E-state index contributed by atoms with van der Waals surface area (Å²) in [5.41, 5.74) is 9.34. The minimum Gasteiger partial charge on any atom is -0.491 e. The molecule has 0 spiro atoms. The van der Waals surface area contributed by atoms with Gasteiger partial charge in [0.2, 0.25) is 12.2 Å². The summed E-state index contributed by atoms with van der Waals surface area (Å²) in [7, 11) is -2.90. The maximum atomic E-state index is 13.7. The summed E-state index contributed by atoms with van der Waals surface area (Å²) in [6, 6.07) is 21.0. The minimum atomic E-state index is -4.49. The summed E-state index contributed by atoms with van der Waals surface area (Å²) in [6.45, 7) is 6.91. The Bertz CT molecular complexity index is 4070. The van der Waals surface area contributed by atoms with Crippen molar-refractivity contribution in [3.05, 3.63) is 108 Å². The smallest absolute Gasteiger partial charge is 0.409 e. The fraction of sp³-hybridized carbons (Fsp3) is 0.460. The van der Waals surface area contributed by atoms with Gasteiger partial charge in [-0.25, -0.2) is 24.4 Å². The van der Waals surface area contributed by atoms with Gasteiger partial charge < -0.3 is 74.9 Å². The molecule has 93 heavy (non-hydrogen) atoms. The number of aliphatic hydroxyl groups is 3. The van der Waals surface area contributed by atoms with Crippen LogP contribution in [0.2, 0.25) is 0 Å². The van der Waals surface area contributed by atoms with Gasteiger partial charge >= 0.3 is 18.0 Å². The van der Waals surface area contributed by atoms with Crippen LogP contribution in [0.1, 0.15) is 84.5 Å². The first-order chi connectivity index (χ1) is 44.1. The van der Waals surface area contributed by atoms with Gasteiger partial charge in [0.15, 0.2) is 16.9 Å². The molecule has 1 aliphatic heterocycles. The van der Waals surface area contributed by atoms with E-state index in [1.165, 1.54) is 34.4 Å². The summed E-state index contributed by atoms with van der Waals surface area (Å²) in [6.07, 6.45) is -3.11. The maximum Gasteiger partial charge on any atom is 0.409 e. The van der Waals surface area contributed by atoms with Crippen molar-refractivity contribution in [3.63, 3.8) is 0 Å². The standard InChI is InChI=1S/C63H73N9O19S2/c1-34-40(38-14-15-42(67-48(38)55(78)79)44-22-35-8-7-9-39(47(35)68-44)53(76)70-58-69-43-10-5-6-11-46(43)92-58)24-66-72(34)33-62-28-60(2)27-61(3,29-62)31-63(30-60,32-62)89-19-17-71(4)59(82)88-25-36-12-13-37(90-57-51(75)49(73)50(74)52(91-57)56(80)81)23-45(36)87-21-20-86-18-16-65-54(77)41(64)26-93(83,84)85/h5-15,22-24,41,49-52,57,68,73-75H,16-21,25-33,64H2,1-4H3,(H,65,77)(H,78,79)(H,80,81)(H,69,70,76)(H,83,84,85)/t41?,49-,50-,51+,52-,57+,60?,61?,62?,63?/m0/s1. The van der Waals surface area contributed by atoms with Gasteiger partial charge in [-0.2, -0.15) is 13.5 Å². The zero-order valence-corrected chi connectivity index (χ0v) is 52.9. The van der Waals surface area contributed by atoms with Crippen molar-refractivity contribution < 1.29 is 90.9 Å². The number of hydrogen-bond donors (Lipinski definition) is 10. The molecule has 4 saturated carbocycles. The molecule has 4 bridgehead atoms. The number of aromatic carboxylic acids is 1. The summed E-state index contributed by atoms with van der Waals surface area (Å²) < 4.78 is 69.4. The molecule has 3 unspecified atom stereocenters. The van der Waals surface area contributed by atoms with Crippen LogP contribution in [0.25, 0.3) is 43.6 Å². The number of carbonyl (C=O) groups is 5. The molecule has 5 fully saturated rings. The number of aromatic amines is 1. The Balaban J connectivity index is 0.723. The predicted molar refractivity (Wildman–Crippen MR) is 335 cm³/mol. The number of thiazole rings is 1. The van der Waals surface area contributed by atoms with Gasteiger partial charge in [0.1, 0.15) is 49.1 Å². The molecule has 4 aromatic heterocycles. The molecule has 8 atom stereocenters. The molecule has 7 aromatic rings. The zero-order valence-electron chi connectivity index (χ0n) is 51.3. The van der Waals surface area contributed by atoms with Gasteiger partial charge in [-0.1, -0.05) is 49.4 Å². The van der Waals surface area contributed by atoms with Gasteiger partial charge in [-0.15, -0.1) is 0 Å². The van der Waals surface area contributed by atoms with Crippen LogP contribution in [0, 0.1) is 23.2 Å². The number of carbonyl (C=O) groups excluding carboxylic acids is 3. The molecule has 4 aliphatic carbocycles. The van der Waals surface area contributed by atoms with Gasteiger partial charge in [0, 0.05) is 60.5 Å². The highest BCUT2D eigenvalue weighted by molar-refractivity contribution is 7.85. The number of amides is 3. The molecular weight excluding hydrogens is 1250 g/mol. The third-order valence-corrected chi connectivity index (χ3v) is 19.4. The average Bonchev–Trinajstić information content (AvgIpc) is 0.769. The van der Waals surface area contributed by atoms with Crippen LogP contribution in [0.4, 0.5) is 9.93 Å². The quantitative estimate of drug-likeness (QED) is 0.0241. The monoisotopic (exact) mass is 1320 g/mol. The first kappa shape index (κ1) is 66.3. The Morgan fingerprint density at radius 1 is 0.882 bits per heavy atom. The molecule has 3 aromatic carbocycles. The van der Waals surface area contributed by atoms with Crippen LogP contribution in [0.15, 0.2) is 85.1 Å². The second-order valence-electron chi connectivity index (χ2n) is 25.5. The highest BCUT2D eigenvalue weighted by Gasteiger charge is 2.66. The van der Waals surface area contributed by atoms with Crippen molar-refractivity contribution in [3.8, 4) is 34.0 Å². The van der Waals surface area contributed by atoms with E-state index in [1.54, 1.807) is 37.5 Å². The number of aliphatic carboxylic acids is 1. The second-order valence-corrected chi connectivity index (χ2v) is 28.0. The summed E-state index contributed by atoms with van der Waals surface area (Å²) in [5.74, 6) is -4.90. The maximum absolute atomic E-state index is 13.7. The number of carboxylic acids is 2. The number of fused-ring (bicyclic) bond motifs is 2. The molecule has 0 radical (unpaired) electrons. The second kappa shape index (κ2) is 26.3. The van der Waals surface area contributed by atoms with Crippen molar-refractivity contribution in [2.75, 3.05) is 57.6 Å². The average molecular weight is 1320 g/mol. The van der Waals surface area contributed by atoms with Crippen molar-refractivity contribution in [2.24, 2.45) is 22.0 Å². The molecule has 11 N–H and O–H groups in total. The number of carboxylic acid groups (broad SMARTS) is 2. The summed E-state index contributed by atoms with van der Waals surface area (Å²) in [4.78, 5) is 78.2. The van der Waals surface area contributed by atoms with Gasteiger partial charge in [0.05, 0.1) is 70.1 Å². The summed E-state index contributed by atoms with van der Waals surface area (Å²) in [5, 5.41) is 62.8. The Morgan fingerprint density at radius 2 is 1.65 bits per heavy atom. The number of nitrogens with zero attached hydrogens (tertiary/aromatic N) is 5. The van der Waals surface area contributed by atoms with Crippen LogP contribution in [0.3, 0.4) is 0 Å². The van der Waals surface area contributed by atoms with Crippen LogP contribution in [0.5, 0.6) is 11.5 Å². The highest BCUT2D eigenvalue weighted by Crippen LogP contribution is 2.72. The van der Waals surface area contributed by atoms with E-state index < -0.39 is 82.2 Å². The minimum absolute atomic E-state index is 0.0332. The Labute approximate surface area is 537 Å². The van der Waals surface area contributed by atoms with E-state index in [0.29, 0.717) is 50.8 Å². The number of benzene rings is 3. The van der Waals surface area contributed by atoms with Crippen LogP contribution in [-0.4, -0.2) is 193 Å². The number of rotatable bonds is 26. The number of ether oxygens (including phenoxy) is 6. The lowest BCUT2D eigenvalue weighted by Crippen LogP contribution is -2.64. The van der Waals surface area contributed by atoms with E-state index >= 15 is 0 Å². The van der Waals surface area contributed by atoms with Gasteiger partial charge in [-0.3, -0.25) is 24.1 Å². The zero-order chi connectivity index (χ0) is 66.4. The van der Waals surface area contributed by atoms with Crippen molar-refractivity contribution in [1.29, 1.82) is 0 Å². The Hall–Kier alpha value is -8.17. The van der Waals surface area contributed by atoms with Crippen LogP contribution < -0.4 is 25.8 Å². The number of anilines is 1. The van der Waals surface area contributed by atoms with E-state index in [2.05, 4.69) is 39.4 Å². The van der Waals surface area contributed by atoms with Crippen LogP contribution in [-0.2, 0) is 51.8 Å². The van der Waals surface area contributed by atoms with E-state index in [1.807, 2.05) is 48.0 Å². The topological polar surface area (TPSA) is 409 Å². The largest absolute Gasteiger partial charge is 0.491 e. The molecule has 5 heterocycles. The Kier molecular flexibility index (Phi) is 18.8. The molecule has 496 valence electrons. The Morgan fingerprint density at radius 3 is 2.38 bits per heavy atom. The van der Waals surface area contributed by atoms with Crippen molar-refractivity contribution in [2.45, 2.75) is 115 Å². The number of nitrogens with one attached hydrogen (secondary N) is 3. The number of likely N-dealkylation sites (N-methyl/N-ethyl adjacent to an activating group) is 1. The number of pyridine rings is 1. The van der Waals surface area contributed by atoms with Crippen molar-refractivity contribution >= 4 is 77.6 Å². The third kappa shape index (κ3) is 14.6. The summed E-state index contributed by atoms with van der Waals surface area (Å²) >= 11 is 1.38. The predicted octanol–water partition coefficient (Wildman–Crippen LogP) is 5.36. The van der Waals surface area contributed by atoms with E-state index in [4.69, 9.17) is 43.8 Å². The van der Waals surface area contributed by atoms with Crippen molar-refractivity contribution in [1.82, 2.24) is 34.9 Å². The first-order valence-corrected chi connectivity index (χ1v) is 32.5. The van der Waals surface area contributed by atoms with E-state index in [9.17, 15) is 57.9 Å². The lowest BCUT2D eigenvalue weighted by atomic mass is 9.39. The van der Waals surface area contributed by atoms with Gasteiger partial charge in [0.25, 0.3) is 16.0 Å². The lowest BCUT2D eigenvalue weighted by molar-refractivity contribution is -0.271. The molecule has 30 heteroatoms. The number of aliphatic hydroxyl groups excluding tert-OH is 3. The first-order valence-electron chi connectivity index (χ1n) is 30.1. The van der Waals surface area contributed by atoms with E-state index in [0.717, 1.165) is 59.8 Å². The fourth-order valence-electron chi connectivity index (χ4n) is 14.8. The number of para-hydroxylation sites is 2. The number of hydrogen-bond acceptors (Lipinski definition) is 21. The third-order valence-electron chi connectivity index (χ3n) is 17.7. The number of nitrogens with two attached hydrogens (primary N) is 1. The molecule has 3 amide bonds.